The van der Waals surface area contributed by atoms with Crippen LogP contribution >= 0.6 is 7.60 Å². The van der Waals surface area contributed by atoms with Crippen LogP contribution < -0.4 is 5.32 Å². The van der Waals surface area contributed by atoms with Gasteiger partial charge in [-0.05, 0) is 33.2 Å². The van der Waals surface area contributed by atoms with Gasteiger partial charge in [-0.2, -0.15) is 0 Å². The minimum atomic E-state index is -3.87. The molecule has 0 aliphatic rings. The van der Waals surface area contributed by atoms with Crippen LogP contribution in [-0.4, -0.2) is 48.5 Å². The normalized spacial score (nSPS) is 12.3. The third kappa shape index (κ3) is 12.3. The lowest BCUT2D eigenvalue weighted by atomic mass is 10.3. The van der Waals surface area contributed by atoms with E-state index < -0.39 is 7.60 Å². The van der Waals surface area contributed by atoms with E-state index in [0.717, 1.165) is 12.8 Å². The summed E-state index contributed by atoms with van der Waals surface area (Å²) in [5, 5.41) is 2.98. The summed E-state index contributed by atoms with van der Waals surface area (Å²) in [6, 6.07) is 0. The van der Waals surface area contributed by atoms with Crippen molar-refractivity contribution in [2.45, 2.75) is 33.0 Å². The molecule has 0 aliphatic carbocycles. The number of hydrogen-bond acceptors (Lipinski definition) is 4. The SMILES string of the molecule is CCOC(CCCNCCP(=O)(O)O)OCC. The van der Waals surface area contributed by atoms with Crippen LogP contribution in [0.25, 0.3) is 0 Å². The Morgan fingerprint density at radius 2 is 1.76 bits per heavy atom. The van der Waals surface area contributed by atoms with Crippen molar-refractivity contribution in [1.82, 2.24) is 5.32 Å². The molecule has 0 unspecified atom stereocenters. The zero-order valence-corrected chi connectivity index (χ0v) is 11.5. The van der Waals surface area contributed by atoms with E-state index in [0.29, 0.717) is 26.3 Å². The van der Waals surface area contributed by atoms with E-state index in [1.807, 2.05) is 13.8 Å². The Morgan fingerprint density at radius 1 is 1.18 bits per heavy atom. The Hall–Kier alpha value is 0.0300. The molecule has 0 rings (SSSR count). The number of rotatable bonds is 11. The van der Waals surface area contributed by atoms with E-state index in [9.17, 15) is 4.57 Å². The van der Waals surface area contributed by atoms with Gasteiger partial charge in [-0.3, -0.25) is 4.57 Å². The lowest BCUT2D eigenvalue weighted by Gasteiger charge is -2.16. The third-order valence-corrected chi connectivity index (χ3v) is 2.88. The summed E-state index contributed by atoms with van der Waals surface area (Å²) < 4.78 is 21.3. The van der Waals surface area contributed by atoms with Crippen LogP contribution in [0.4, 0.5) is 0 Å². The molecular formula is C10H24NO5P. The molecule has 0 amide bonds. The fourth-order valence-corrected chi connectivity index (χ4v) is 1.78. The first-order chi connectivity index (χ1) is 7.99. The first-order valence-corrected chi connectivity index (χ1v) is 7.77. The highest BCUT2D eigenvalue weighted by atomic mass is 31.2. The van der Waals surface area contributed by atoms with E-state index in [1.54, 1.807) is 0 Å². The Labute approximate surface area is 103 Å². The second-order valence-corrected chi connectivity index (χ2v) is 5.40. The van der Waals surface area contributed by atoms with Gasteiger partial charge in [-0.1, -0.05) is 0 Å². The molecule has 17 heavy (non-hydrogen) atoms. The van der Waals surface area contributed by atoms with Gasteiger partial charge in [0.15, 0.2) is 6.29 Å². The molecule has 3 N–H and O–H groups in total. The highest BCUT2D eigenvalue weighted by Gasteiger charge is 2.11. The predicted molar refractivity (Wildman–Crippen MR) is 66.1 cm³/mol. The Kier molecular flexibility index (Phi) is 10.0. The summed E-state index contributed by atoms with van der Waals surface area (Å²) in [7, 11) is -3.87. The van der Waals surface area contributed by atoms with Gasteiger partial charge in [-0.25, -0.2) is 0 Å². The molecule has 6 nitrogen and oxygen atoms in total. The van der Waals surface area contributed by atoms with Crippen molar-refractivity contribution in [1.29, 1.82) is 0 Å². The molecule has 0 radical (unpaired) electrons. The van der Waals surface area contributed by atoms with Gasteiger partial charge in [0, 0.05) is 19.8 Å². The standard InChI is InChI=1S/C10H24NO5P/c1-3-15-10(16-4-2)6-5-7-11-8-9-17(12,13)14/h10-11H,3-9H2,1-2H3,(H2,12,13,14). The zero-order chi connectivity index (χ0) is 13.1. The molecule has 7 heteroatoms. The molecule has 0 saturated carbocycles. The molecule has 0 aliphatic heterocycles. The monoisotopic (exact) mass is 269 g/mol. The molecule has 0 fully saturated rings. The van der Waals surface area contributed by atoms with Crippen molar-refractivity contribution in [2.24, 2.45) is 0 Å². The van der Waals surface area contributed by atoms with Crippen LogP contribution in [0.1, 0.15) is 26.7 Å². The maximum Gasteiger partial charge on any atom is 0.326 e. The summed E-state index contributed by atoms with van der Waals surface area (Å²) in [5.74, 6) is 0. The van der Waals surface area contributed by atoms with Crippen LogP contribution in [0.15, 0.2) is 0 Å². The molecular weight excluding hydrogens is 245 g/mol. The van der Waals surface area contributed by atoms with Crippen LogP contribution in [-0.2, 0) is 14.0 Å². The quantitative estimate of drug-likeness (QED) is 0.294. The van der Waals surface area contributed by atoms with Gasteiger partial charge >= 0.3 is 7.60 Å². The fraction of sp³-hybridized carbons (Fsp3) is 1.00. The summed E-state index contributed by atoms with van der Waals surface area (Å²) in [5.41, 5.74) is 0. The van der Waals surface area contributed by atoms with Crippen molar-refractivity contribution >= 4 is 7.60 Å². The maximum absolute atomic E-state index is 10.6. The van der Waals surface area contributed by atoms with Crippen molar-refractivity contribution in [3.8, 4) is 0 Å². The van der Waals surface area contributed by atoms with Crippen molar-refractivity contribution in [3.05, 3.63) is 0 Å². The van der Waals surface area contributed by atoms with Crippen molar-refractivity contribution < 1.29 is 23.8 Å². The van der Waals surface area contributed by atoms with Crippen molar-refractivity contribution in [3.63, 3.8) is 0 Å². The summed E-state index contributed by atoms with van der Waals surface area (Å²) in [4.78, 5) is 17.3. The predicted octanol–water partition coefficient (Wildman–Crippen LogP) is 0.933. The molecule has 0 atom stereocenters. The number of ether oxygens (including phenoxy) is 2. The van der Waals surface area contributed by atoms with E-state index in [4.69, 9.17) is 19.3 Å². The average molecular weight is 269 g/mol. The highest BCUT2D eigenvalue weighted by molar-refractivity contribution is 7.51. The minimum Gasteiger partial charge on any atom is -0.353 e. The number of nitrogens with one attached hydrogen (secondary N) is 1. The van der Waals surface area contributed by atoms with Crippen LogP contribution in [0, 0.1) is 0 Å². The Bertz CT molecular complexity index is 215. The molecule has 0 heterocycles. The second-order valence-electron chi connectivity index (χ2n) is 3.62. The molecule has 104 valence electrons. The molecule has 0 saturated heterocycles. The van der Waals surface area contributed by atoms with E-state index in [-0.39, 0.29) is 12.5 Å². The topological polar surface area (TPSA) is 88.0 Å². The van der Waals surface area contributed by atoms with Crippen molar-refractivity contribution in [2.75, 3.05) is 32.5 Å². The Morgan fingerprint density at radius 3 is 2.24 bits per heavy atom. The minimum absolute atomic E-state index is 0.118. The largest absolute Gasteiger partial charge is 0.353 e. The van der Waals surface area contributed by atoms with E-state index in [2.05, 4.69) is 5.32 Å². The van der Waals surface area contributed by atoms with Crippen LogP contribution in [0.3, 0.4) is 0 Å². The first kappa shape index (κ1) is 17.0. The summed E-state index contributed by atoms with van der Waals surface area (Å²) in [6.07, 6.45) is 1.35. The molecule has 0 aromatic carbocycles. The van der Waals surface area contributed by atoms with Crippen LogP contribution in [0.5, 0.6) is 0 Å². The highest BCUT2D eigenvalue weighted by Crippen LogP contribution is 2.32. The van der Waals surface area contributed by atoms with Gasteiger partial charge < -0.3 is 24.6 Å². The average Bonchev–Trinajstić information content (AvgIpc) is 2.22. The van der Waals surface area contributed by atoms with E-state index >= 15 is 0 Å². The zero-order valence-electron chi connectivity index (χ0n) is 10.6. The summed E-state index contributed by atoms with van der Waals surface area (Å²) >= 11 is 0. The van der Waals surface area contributed by atoms with Gasteiger partial charge in [0.2, 0.25) is 0 Å². The van der Waals surface area contributed by atoms with Gasteiger partial charge in [0.1, 0.15) is 0 Å². The lowest BCUT2D eigenvalue weighted by molar-refractivity contribution is -0.139. The van der Waals surface area contributed by atoms with Gasteiger partial charge in [0.25, 0.3) is 0 Å². The smallest absolute Gasteiger partial charge is 0.326 e. The molecule has 0 spiro atoms. The number of hydrogen-bond donors (Lipinski definition) is 3. The molecule has 0 bridgehead atoms. The van der Waals surface area contributed by atoms with Gasteiger partial charge in [0.05, 0.1) is 6.16 Å². The maximum atomic E-state index is 10.6. The van der Waals surface area contributed by atoms with Gasteiger partial charge in [-0.15, -0.1) is 0 Å². The second kappa shape index (κ2) is 10.00. The fourth-order valence-electron chi connectivity index (χ4n) is 1.33. The van der Waals surface area contributed by atoms with E-state index in [1.165, 1.54) is 0 Å². The molecule has 0 aromatic rings. The summed E-state index contributed by atoms with van der Waals surface area (Å²) in [6.45, 7) is 6.12. The Balaban J connectivity index is 3.44. The molecule has 0 aromatic heterocycles. The first-order valence-electron chi connectivity index (χ1n) is 5.98. The lowest BCUT2D eigenvalue weighted by Crippen LogP contribution is -2.23. The van der Waals surface area contributed by atoms with Crippen LogP contribution in [0.2, 0.25) is 0 Å². The third-order valence-electron chi connectivity index (χ3n) is 2.08.